The minimum atomic E-state index is -3.65. The van der Waals surface area contributed by atoms with Crippen molar-refractivity contribution >= 4 is 21.6 Å². The normalized spacial score (nSPS) is 12.4. The molecule has 0 saturated carbocycles. The van der Waals surface area contributed by atoms with Gasteiger partial charge in [0.2, 0.25) is 10.0 Å². The van der Waals surface area contributed by atoms with Gasteiger partial charge in [0.1, 0.15) is 0 Å². The van der Waals surface area contributed by atoms with Crippen LogP contribution in [0, 0.1) is 0 Å². The molecule has 0 fully saturated rings. The largest absolute Gasteiger partial charge is 0.271 e. The predicted molar refractivity (Wildman–Crippen MR) is 122 cm³/mol. The number of hydrazone groups is 1. The lowest BCUT2D eigenvalue weighted by atomic mass is 10.1. The van der Waals surface area contributed by atoms with Crippen LogP contribution < -0.4 is 5.43 Å². The van der Waals surface area contributed by atoms with Gasteiger partial charge in [-0.3, -0.25) is 4.79 Å². The third kappa shape index (κ3) is 3.78. The summed E-state index contributed by atoms with van der Waals surface area (Å²) >= 11 is 0. The summed E-state index contributed by atoms with van der Waals surface area (Å²) in [6, 6.07) is 21.8. The standard InChI is InChI=1S/C24H23N3O3S/c1-3-27(4-2)31(29,30)18-11-9-10-17(16-18)24(28)26-25-23-21-14-7-5-12-19(21)20-13-6-8-15-22(20)23/h5-16H,3-4H2,1-2H3,(H,26,28). The molecule has 0 bridgehead atoms. The minimum Gasteiger partial charge on any atom is -0.267 e. The molecule has 7 heteroatoms. The monoisotopic (exact) mass is 433 g/mol. The molecule has 0 aliphatic heterocycles. The number of hydrogen-bond acceptors (Lipinski definition) is 4. The zero-order chi connectivity index (χ0) is 22.0. The fourth-order valence-corrected chi connectivity index (χ4v) is 5.30. The number of benzene rings is 3. The molecule has 0 radical (unpaired) electrons. The quantitative estimate of drug-likeness (QED) is 0.469. The van der Waals surface area contributed by atoms with Crippen molar-refractivity contribution in [1.29, 1.82) is 0 Å². The Morgan fingerprint density at radius 2 is 1.39 bits per heavy atom. The molecule has 4 rings (SSSR count). The second-order valence-electron chi connectivity index (χ2n) is 7.11. The van der Waals surface area contributed by atoms with Gasteiger partial charge in [0, 0.05) is 29.8 Å². The first kappa shape index (κ1) is 21.0. The van der Waals surface area contributed by atoms with Gasteiger partial charge in [-0.05, 0) is 29.3 Å². The Morgan fingerprint density at radius 3 is 1.94 bits per heavy atom. The SMILES string of the molecule is CCN(CC)S(=O)(=O)c1cccc(C(=O)NN=C2c3ccccc3-c3ccccc32)c1. The third-order valence-electron chi connectivity index (χ3n) is 5.36. The number of hydrogen-bond donors (Lipinski definition) is 1. The maximum absolute atomic E-state index is 12.8. The maximum Gasteiger partial charge on any atom is 0.271 e. The Balaban J connectivity index is 1.64. The van der Waals surface area contributed by atoms with Gasteiger partial charge in [-0.1, -0.05) is 68.4 Å². The first-order valence-electron chi connectivity index (χ1n) is 10.1. The Labute approximate surface area is 182 Å². The van der Waals surface area contributed by atoms with Crippen LogP contribution in [0.2, 0.25) is 0 Å². The summed E-state index contributed by atoms with van der Waals surface area (Å²) in [7, 11) is -3.65. The smallest absolute Gasteiger partial charge is 0.267 e. The fraction of sp³-hybridized carbons (Fsp3) is 0.167. The van der Waals surface area contributed by atoms with E-state index in [0.717, 1.165) is 22.3 Å². The van der Waals surface area contributed by atoms with Crippen molar-refractivity contribution in [1.82, 2.24) is 9.73 Å². The molecule has 1 amide bonds. The number of carbonyl (C=O) groups excluding carboxylic acids is 1. The zero-order valence-corrected chi connectivity index (χ0v) is 18.2. The van der Waals surface area contributed by atoms with Crippen LogP contribution in [-0.4, -0.2) is 37.4 Å². The van der Waals surface area contributed by atoms with E-state index in [-0.39, 0.29) is 10.5 Å². The van der Waals surface area contributed by atoms with Crippen LogP contribution in [-0.2, 0) is 10.0 Å². The lowest BCUT2D eigenvalue weighted by Crippen LogP contribution is -2.30. The number of nitrogens with one attached hydrogen (secondary N) is 1. The molecule has 0 spiro atoms. The Bertz CT molecular complexity index is 1230. The lowest BCUT2D eigenvalue weighted by Gasteiger charge is -2.18. The average Bonchev–Trinajstić information content (AvgIpc) is 3.12. The van der Waals surface area contributed by atoms with E-state index in [9.17, 15) is 13.2 Å². The molecule has 0 unspecified atom stereocenters. The molecule has 1 aliphatic carbocycles. The molecular formula is C24H23N3O3S. The van der Waals surface area contributed by atoms with Crippen LogP contribution in [0.15, 0.2) is 82.8 Å². The van der Waals surface area contributed by atoms with E-state index in [1.54, 1.807) is 26.0 Å². The number of sulfonamides is 1. The molecule has 0 saturated heterocycles. The van der Waals surface area contributed by atoms with E-state index in [1.807, 2.05) is 48.5 Å². The second kappa shape index (κ2) is 8.45. The summed E-state index contributed by atoms with van der Waals surface area (Å²) in [5.41, 5.74) is 7.55. The summed E-state index contributed by atoms with van der Waals surface area (Å²) in [6.07, 6.45) is 0. The molecule has 0 aromatic heterocycles. The van der Waals surface area contributed by atoms with Crippen LogP contribution in [0.1, 0.15) is 35.3 Å². The van der Waals surface area contributed by atoms with Crippen molar-refractivity contribution in [3.8, 4) is 11.1 Å². The summed E-state index contributed by atoms with van der Waals surface area (Å²) in [4.78, 5) is 12.9. The summed E-state index contributed by atoms with van der Waals surface area (Å²) in [5.74, 6) is -0.467. The number of carbonyl (C=O) groups is 1. The van der Waals surface area contributed by atoms with Crippen molar-refractivity contribution in [2.24, 2.45) is 5.10 Å². The van der Waals surface area contributed by atoms with E-state index in [0.29, 0.717) is 18.8 Å². The molecule has 1 N–H and O–H groups in total. The van der Waals surface area contributed by atoms with Crippen LogP contribution in [0.3, 0.4) is 0 Å². The molecule has 1 aliphatic rings. The molecule has 158 valence electrons. The van der Waals surface area contributed by atoms with Gasteiger partial charge in [0.15, 0.2) is 0 Å². The van der Waals surface area contributed by atoms with Gasteiger partial charge in [0.05, 0.1) is 10.6 Å². The van der Waals surface area contributed by atoms with Crippen LogP contribution in [0.25, 0.3) is 11.1 Å². The molecule has 31 heavy (non-hydrogen) atoms. The molecule has 6 nitrogen and oxygen atoms in total. The second-order valence-corrected chi connectivity index (χ2v) is 9.05. The molecule has 0 heterocycles. The van der Waals surface area contributed by atoms with Crippen molar-refractivity contribution in [3.05, 3.63) is 89.5 Å². The number of fused-ring (bicyclic) bond motifs is 3. The number of amides is 1. The summed E-state index contributed by atoms with van der Waals surface area (Å²) in [6.45, 7) is 4.29. The van der Waals surface area contributed by atoms with Gasteiger partial charge < -0.3 is 0 Å². The topological polar surface area (TPSA) is 78.8 Å². The predicted octanol–water partition coefficient (Wildman–Crippen LogP) is 3.88. The van der Waals surface area contributed by atoms with Gasteiger partial charge in [-0.15, -0.1) is 0 Å². The van der Waals surface area contributed by atoms with E-state index in [1.165, 1.54) is 16.4 Å². The van der Waals surface area contributed by atoms with Crippen molar-refractivity contribution in [3.63, 3.8) is 0 Å². The fourth-order valence-electron chi connectivity index (χ4n) is 3.80. The van der Waals surface area contributed by atoms with Gasteiger partial charge in [-0.2, -0.15) is 9.41 Å². The van der Waals surface area contributed by atoms with Crippen LogP contribution in [0.5, 0.6) is 0 Å². The molecule has 3 aromatic carbocycles. The average molecular weight is 434 g/mol. The third-order valence-corrected chi connectivity index (χ3v) is 7.41. The first-order valence-corrected chi connectivity index (χ1v) is 11.6. The first-order chi connectivity index (χ1) is 15.0. The molecule has 0 atom stereocenters. The van der Waals surface area contributed by atoms with E-state index in [2.05, 4.69) is 10.5 Å². The lowest BCUT2D eigenvalue weighted by molar-refractivity contribution is 0.0954. The van der Waals surface area contributed by atoms with E-state index >= 15 is 0 Å². The van der Waals surface area contributed by atoms with Crippen LogP contribution >= 0.6 is 0 Å². The highest BCUT2D eigenvalue weighted by Crippen LogP contribution is 2.36. The summed E-state index contributed by atoms with van der Waals surface area (Å²) < 4.78 is 26.9. The summed E-state index contributed by atoms with van der Waals surface area (Å²) in [5, 5.41) is 4.40. The van der Waals surface area contributed by atoms with Gasteiger partial charge in [-0.25, -0.2) is 13.8 Å². The van der Waals surface area contributed by atoms with Crippen molar-refractivity contribution < 1.29 is 13.2 Å². The van der Waals surface area contributed by atoms with E-state index in [4.69, 9.17) is 0 Å². The van der Waals surface area contributed by atoms with Crippen molar-refractivity contribution in [2.75, 3.05) is 13.1 Å². The van der Waals surface area contributed by atoms with Crippen molar-refractivity contribution in [2.45, 2.75) is 18.7 Å². The minimum absolute atomic E-state index is 0.0908. The Hall–Kier alpha value is -3.29. The van der Waals surface area contributed by atoms with Gasteiger partial charge in [0.25, 0.3) is 5.91 Å². The molecule has 3 aromatic rings. The maximum atomic E-state index is 12.8. The highest BCUT2D eigenvalue weighted by atomic mass is 32.2. The molecular weight excluding hydrogens is 410 g/mol. The highest BCUT2D eigenvalue weighted by molar-refractivity contribution is 7.89. The number of rotatable bonds is 6. The Kier molecular flexibility index (Phi) is 5.71. The number of nitrogens with zero attached hydrogens (tertiary/aromatic N) is 2. The van der Waals surface area contributed by atoms with E-state index < -0.39 is 15.9 Å². The zero-order valence-electron chi connectivity index (χ0n) is 17.4. The van der Waals surface area contributed by atoms with Gasteiger partial charge >= 0.3 is 0 Å². The Morgan fingerprint density at radius 1 is 0.839 bits per heavy atom. The highest BCUT2D eigenvalue weighted by Gasteiger charge is 2.25. The van der Waals surface area contributed by atoms with Crippen LogP contribution in [0.4, 0.5) is 0 Å².